The van der Waals surface area contributed by atoms with E-state index >= 15 is 0 Å². The minimum Gasteiger partial charge on any atom is -0.337 e. The first-order chi connectivity index (χ1) is 10.3. The lowest BCUT2D eigenvalue weighted by Gasteiger charge is -2.24. The number of hydrogen-bond acceptors (Lipinski definition) is 4. The number of aromatic nitrogens is 2. The molecule has 2 aromatic heterocycles. The molecule has 3 rings (SSSR count). The van der Waals surface area contributed by atoms with Crippen molar-refractivity contribution in [2.24, 2.45) is 5.92 Å². The maximum absolute atomic E-state index is 12.7. The molecule has 0 bridgehead atoms. The van der Waals surface area contributed by atoms with Crippen LogP contribution in [-0.4, -0.2) is 48.0 Å². The largest absolute Gasteiger partial charge is 0.337 e. The van der Waals surface area contributed by atoms with Crippen LogP contribution in [0.5, 0.6) is 0 Å². The Labute approximate surface area is 129 Å². The number of sulfone groups is 1. The van der Waals surface area contributed by atoms with E-state index in [0.29, 0.717) is 11.4 Å². The molecular weight excluding hydrogens is 302 g/mol. The summed E-state index contributed by atoms with van der Waals surface area (Å²) in [4.78, 5) is 18.5. The number of nitrogens with zero attached hydrogens (tertiary/aromatic N) is 3. The Morgan fingerprint density at radius 2 is 2.09 bits per heavy atom. The van der Waals surface area contributed by atoms with Crippen LogP contribution in [0.2, 0.25) is 0 Å². The molecule has 2 aromatic rings. The molecule has 2 heterocycles. The smallest absolute Gasteiger partial charge is 0.274 e. The van der Waals surface area contributed by atoms with Crippen molar-refractivity contribution in [2.45, 2.75) is 31.0 Å². The monoisotopic (exact) mass is 321 g/mol. The molecule has 0 N–H and O–H groups in total. The van der Waals surface area contributed by atoms with Crippen LogP contribution in [0.15, 0.2) is 29.6 Å². The zero-order valence-electron chi connectivity index (χ0n) is 12.9. The summed E-state index contributed by atoms with van der Waals surface area (Å²) in [7, 11) is -1.76. The Kier molecular flexibility index (Phi) is 3.47. The van der Waals surface area contributed by atoms with E-state index in [-0.39, 0.29) is 22.8 Å². The highest BCUT2D eigenvalue weighted by molar-refractivity contribution is 7.90. The molecule has 7 heteroatoms. The van der Waals surface area contributed by atoms with Crippen LogP contribution in [0.25, 0.3) is 5.52 Å². The van der Waals surface area contributed by atoms with Gasteiger partial charge in [-0.15, -0.1) is 0 Å². The van der Waals surface area contributed by atoms with Crippen molar-refractivity contribution in [1.82, 2.24) is 14.3 Å². The Morgan fingerprint density at radius 1 is 1.41 bits per heavy atom. The Balaban J connectivity index is 2.09. The fourth-order valence-corrected chi connectivity index (χ4v) is 3.45. The molecule has 6 nitrogen and oxygen atoms in total. The van der Waals surface area contributed by atoms with Gasteiger partial charge in [-0.05, 0) is 37.8 Å². The first kappa shape index (κ1) is 15.0. The number of carbonyl (C=O) groups is 1. The van der Waals surface area contributed by atoms with Gasteiger partial charge in [0, 0.05) is 25.5 Å². The molecule has 1 atom stereocenters. The van der Waals surface area contributed by atoms with Crippen LogP contribution >= 0.6 is 0 Å². The third-order valence-electron chi connectivity index (χ3n) is 4.29. The SMILES string of the molecule is CC(C1CC1)N(C)C(=O)c1nc(S(C)(=O)=O)n2ccccc12. The fourth-order valence-electron chi connectivity index (χ4n) is 2.68. The van der Waals surface area contributed by atoms with E-state index in [9.17, 15) is 13.2 Å². The van der Waals surface area contributed by atoms with Crippen molar-refractivity contribution < 1.29 is 13.2 Å². The van der Waals surface area contributed by atoms with Gasteiger partial charge in [0.15, 0.2) is 5.69 Å². The lowest BCUT2D eigenvalue weighted by Crippen LogP contribution is -2.36. The summed E-state index contributed by atoms with van der Waals surface area (Å²) >= 11 is 0. The topological polar surface area (TPSA) is 71.8 Å². The van der Waals surface area contributed by atoms with E-state index < -0.39 is 9.84 Å². The Hall–Kier alpha value is -1.89. The maximum atomic E-state index is 12.7. The molecule has 0 aromatic carbocycles. The van der Waals surface area contributed by atoms with Crippen LogP contribution in [0.4, 0.5) is 0 Å². The van der Waals surface area contributed by atoms with E-state index in [2.05, 4.69) is 4.98 Å². The average molecular weight is 321 g/mol. The van der Waals surface area contributed by atoms with E-state index in [1.165, 1.54) is 4.40 Å². The summed E-state index contributed by atoms with van der Waals surface area (Å²) in [5, 5.41) is -0.0982. The summed E-state index contributed by atoms with van der Waals surface area (Å²) in [5.41, 5.74) is 0.707. The molecule has 0 radical (unpaired) electrons. The molecular formula is C15H19N3O3S. The molecule has 0 saturated heterocycles. The lowest BCUT2D eigenvalue weighted by molar-refractivity contribution is 0.0723. The van der Waals surface area contributed by atoms with Crippen molar-refractivity contribution in [3.05, 3.63) is 30.1 Å². The predicted molar refractivity (Wildman–Crippen MR) is 82.6 cm³/mol. The summed E-state index contributed by atoms with van der Waals surface area (Å²) in [6.07, 6.45) is 4.98. The van der Waals surface area contributed by atoms with E-state index in [1.807, 2.05) is 6.92 Å². The third-order valence-corrected chi connectivity index (χ3v) is 5.24. The second kappa shape index (κ2) is 5.08. The van der Waals surface area contributed by atoms with Crippen molar-refractivity contribution in [3.63, 3.8) is 0 Å². The van der Waals surface area contributed by atoms with Crippen molar-refractivity contribution in [3.8, 4) is 0 Å². The summed E-state index contributed by atoms with van der Waals surface area (Å²) in [5.74, 6) is 0.301. The number of carbonyl (C=O) groups excluding carboxylic acids is 1. The molecule has 1 saturated carbocycles. The highest BCUT2D eigenvalue weighted by Gasteiger charge is 2.34. The first-order valence-electron chi connectivity index (χ1n) is 7.25. The molecule has 1 aliphatic rings. The van der Waals surface area contributed by atoms with Crippen LogP contribution in [0.1, 0.15) is 30.3 Å². The number of hydrogen-bond donors (Lipinski definition) is 0. The standard InChI is InChI=1S/C15H19N3O3S/c1-10(11-7-8-11)17(2)14(19)13-12-6-4-5-9-18(12)15(16-13)22(3,20)21/h4-6,9-11H,7-8H2,1-3H3. The second-order valence-corrected chi connectivity index (χ2v) is 7.87. The van der Waals surface area contributed by atoms with E-state index in [0.717, 1.165) is 19.1 Å². The predicted octanol–water partition coefficient (Wildman–Crippen LogP) is 1.61. The van der Waals surface area contributed by atoms with E-state index in [4.69, 9.17) is 0 Å². The number of rotatable bonds is 4. The van der Waals surface area contributed by atoms with E-state index in [1.54, 1.807) is 36.3 Å². The quantitative estimate of drug-likeness (QED) is 0.857. The molecule has 118 valence electrons. The van der Waals surface area contributed by atoms with Crippen molar-refractivity contribution >= 4 is 21.3 Å². The zero-order chi connectivity index (χ0) is 16.1. The highest BCUT2D eigenvalue weighted by atomic mass is 32.2. The Morgan fingerprint density at radius 3 is 2.68 bits per heavy atom. The molecule has 0 aliphatic heterocycles. The van der Waals surface area contributed by atoms with Gasteiger partial charge in [0.25, 0.3) is 5.91 Å². The molecule has 1 amide bonds. The average Bonchev–Trinajstić information content (AvgIpc) is 3.24. The van der Waals surface area contributed by atoms with Crippen molar-refractivity contribution in [2.75, 3.05) is 13.3 Å². The second-order valence-electron chi connectivity index (χ2n) is 5.97. The summed E-state index contributed by atoms with van der Waals surface area (Å²) < 4.78 is 25.2. The summed E-state index contributed by atoms with van der Waals surface area (Å²) in [6, 6.07) is 5.33. The van der Waals surface area contributed by atoms with Gasteiger partial charge in [-0.2, -0.15) is 0 Å². The van der Waals surface area contributed by atoms with Crippen molar-refractivity contribution in [1.29, 1.82) is 0 Å². The van der Waals surface area contributed by atoms with Gasteiger partial charge in [0.1, 0.15) is 0 Å². The lowest BCUT2D eigenvalue weighted by atomic mass is 10.2. The Bertz CT molecular complexity index is 837. The van der Waals surface area contributed by atoms with Gasteiger partial charge in [-0.3, -0.25) is 9.20 Å². The van der Waals surface area contributed by atoms with Gasteiger partial charge in [-0.25, -0.2) is 13.4 Å². The number of amides is 1. The normalized spacial score (nSPS) is 16.7. The molecule has 1 fully saturated rings. The molecule has 0 spiro atoms. The maximum Gasteiger partial charge on any atom is 0.274 e. The third kappa shape index (κ3) is 2.49. The van der Waals surface area contributed by atoms with Gasteiger partial charge in [0.05, 0.1) is 5.52 Å². The van der Waals surface area contributed by atoms with Crippen LogP contribution in [-0.2, 0) is 9.84 Å². The summed E-state index contributed by atoms with van der Waals surface area (Å²) in [6.45, 7) is 2.02. The van der Waals surface area contributed by atoms with Crippen LogP contribution in [0.3, 0.4) is 0 Å². The fraction of sp³-hybridized carbons (Fsp3) is 0.467. The molecule has 22 heavy (non-hydrogen) atoms. The van der Waals surface area contributed by atoms with Gasteiger partial charge < -0.3 is 4.90 Å². The van der Waals surface area contributed by atoms with Gasteiger partial charge in [-0.1, -0.05) is 6.07 Å². The molecule has 1 aliphatic carbocycles. The first-order valence-corrected chi connectivity index (χ1v) is 9.14. The number of fused-ring (bicyclic) bond motifs is 1. The van der Waals surface area contributed by atoms with Crippen LogP contribution in [0, 0.1) is 5.92 Å². The van der Waals surface area contributed by atoms with Gasteiger partial charge >= 0.3 is 0 Å². The minimum atomic E-state index is -3.51. The van der Waals surface area contributed by atoms with Crippen LogP contribution < -0.4 is 0 Å². The number of imidazole rings is 1. The highest BCUT2D eigenvalue weighted by Crippen LogP contribution is 2.35. The molecule has 1 unspecified atom stereocenters. The van der Waals surface area contributed by atoms with Gasteiger partial charge in [0.2, 0.25) is 15.0 Å². The number of pyridine rings is 1. The zero-order valence-corrected chi connectivity index (χ0v) is 13.7. The minimum absolute atomic E-state index is 0.0982.